The number of phenolic OH excluding ortho intramolecular Hbond substituents is 1. The first-order valence-corrected chi connectivity index (χ1v) is 21.5. The molecule has 302 valence electrons. The van der Waals surface area contributed by atoms with E-state index in [1.54, 1.807) is 18.2 Å². The lowest BCUT2D eigenvalue weighted by molar-refractivity contribution is -0.158. The van der Waals surface area contributed by atoms with Gasteiger partial charge in [-0.05, 0) is 140 Å². The van der Waals surface area contributed by atoms with E-state index in [4.69, 9.17) is 5.73 Å². The molecule has 6 N–H and O–H groups in total. The molecule has 0 aliphatic heterocycles. The van der Waals surface area contributed by atoms with Gasteiger partial charge < -0.3 is 31.0 Å². The fourth-order valence-corrected chi connectivity index (χ4v) is 11.2. The minimum Gasteiger partial charge on any atom is -0.508 e. The van der Waals surface area contributed by atoms with E-state index in [9.17, 15) is 30.0 Å². The number of aliphatic hydroxyl groups is 2. The Morgan fingerprint density at radius 3 is 2.40 bits per heavy atom. The van der Waals surface area contributed by atoms with E-state index in [1.165, 1.54) is 10.8 Å². The summed E-state index contributed by atoms with van der Waals surface area (Å²) < 4.78 is 0. The summed E-state index contributed by atoms with van der Waals surface area (Å²) in [5, 5.41) is 45.8. The Morgan fingerprint density at radius 1 is 0.912 bits per heavy atom. The number of benzene rings is 3. The second kappa shape index (κ2) is 18.5. The zero-order chi connectivity index (χ0) is 39.9. The molecular formula is C50H61NO6. The molecular weight excluding hydrogens is 711 g/mol. The van der Waals surface area contributed by atoms with Crippen molar-refractivity contribution in [2.24, 2.45) is 47.2 Å². The van der Waals surface area contributed by atoms with E-state index in [-0.39, 0.29) is 35.3 Å². The number of aliphatic carboxylic acids is 1. The number of phenols is 1. The molecule has 9 atom stereocenters. The number of fused-ring (bicyclic) bond motifs is 5. The maximum atomic E-state index is 13.6. The van der Waals surface area contributed by atoms with Gasteiger partial charge in [0.25, 0.3) is 0 Å². The van der Waals surface area contributed by atoms with Crippen molar-refractivity contribution in [1.29, 1.82) is 0 Å². The number of aromatic hydroxyl groups is 1. The molecule has 0 unspecified atom stereocenters. The number of allylic oxidation sites excluding steroid dienone is 2. The summed E-state index contributed by atoms with van der Waals surface area (Å²) in [6, 6.07) is 24.4. The lowest BCUT2D eigenvalue weighted by Gasteiger charge is -2.49. The van der Waals surface area contributed by atoms with Crippen LogP contribution in [0.3, 0.4) is 0 Å². The molecule has 3 aromatic rings. The normalized spacial score (nSPS) is 29.4. The van der Waals surface area contributed by atoms with Crippen molar-refractivity contribution in [2.75, 3.05) is 6.54 Å². The summed E-state index contributed by atoms with van der Waals surface area (Å²) in [6.07, 6.45) is 21.2. The van der Waals surface area contributed by atoms with Crippen molar-refractivity contribution in [3.63, 3.8) is 0 Å². The van der Waals surface area contributed by atoms with Gasteiger partial charge in [-0.25, -0.2) is 0 Å². The van der Waals surface area contributed by atoms with Crippen molar-refractivity contribution in [1.82, 2.24) is 0 Å². The summed E-state index contributed by atoms with van der Waals surface area (Å²) >= 11 is 0. The second-order valence-corrected chi connectivity index (χ2v) is 17.5. The van der Waals surface area contributed by atoms with Gasteiger partial charge in [-0.3, -0.25) is 4.79 Å². The van der Waals surface area contributed by atoms with Crippen molar-refractivity contribution in [2.45, 2.75) is 101 Å². The van der Waals surface area contributed by atoms with E-state index in [1.807, 2.05) is 24.3 Å². The van der Waals surface area contributed by atoms with Gasteiger partial charge in [-0.1, -0.05) is 116 Å². The van der Waals surface area contributed by atoms with Gasteiger partial charge in [-0.15, -0.1) is 0 Å². The summed E-state index contributed by atoms with van der Waals surface area (Å²) in [7, 11) is 0. The number of carbonyl (C=O) groups excluding carboxylic acids is 1. The fraction of sp³-hybridized carbons (Fsp3) is 0.480. The molecule has 57 heavy (non-hydrogen) atoms. The Kier molecular flexibility index (Phi) is 13.3. The van der Waals surface area contributed by atoms with E-state index in [2.05, 4.69) is 60.7 Å². The minimum atomic E-state index is -1.84. The standard InChI is InChI=1S/C50H61NO6/c51-25-23-33-16-17-39(26-33)41(32-52)12-3-1-2-9-35-13-7-15-45(48(54)55)47(49(56)57)50(24-22-40-29-37-10-4-5-11-38(37)30-42(40)31-50)43-14-6-8-34(27-43)28-46(35)36-18-20-44(53)21-19-36/h4-8,10-11,14-15,18-21,26-27,29-30,32,35,39-42,45-48,53-55H,1-3,9,12-13,16-17,22-25,28,31,51H2,(H,56,57)/b15-7+/t35-,39+,40-,41-,42-,45+,46+,47-,50-/m1/s1. The molecule has 0 radical (unpaired) electrons. The van der Waals surface area contributed by atoms with Crippen molar-refractivity contribution in [3.05, 3.63) is 124 Å². The number of hydrogen-bond donors (Lipinski definition) is 5. The van der Waals surface area contributed by atoms with E-state index < -0.39 is 29.5 Å². The Balaban J connectivity index is 1.19. The highest BCUT2D eigenvalue weighted by Crippen LogP contribution is 2.53. The molecule has 0 amide bonds. The van der Waals surface area contributed by atoms with Gasteiger partial charge in [0.05, 0.1) is 5.92 Å². The number of nitrogens with two attached hydrogens (primary N) is 1. The van der Waals surface area contributed by atoms with E-state index in [0.717, 1.165) is 92.4 Å². The summed E-state index contributed by atoms with van der Waals surface area (Å²) in [5.74, 6) is -1.81. The fourth-order valence-electron chi connectivity index (χ4n) is 11.2. The topological polar surface area (TPSA) is 141 Å². The van der Waals surface area contributed by atoms with E-state index in [0.29, 0.717) is 31.7 Å². The number of carboxylic acids is 1. The third kappa shape index (κ3) is 9.22. The third-order valence-electron chi connectivity index (χ3n) is 14.1. The molecule has 0 aromatic heterocycles. The third-order valence-corrected chi connectivity index (χ3v) is 14.1. The molecule has 1 spiro atoms. The molecule has 0 saturated heterocycles. The highest BCUT2D eigenvalue weighted by Gasteiger charge is 2.53. The van der Waals surface area contributed by atoms with Crippen LogP contribution in [0, 0.1) is 41.4 Å². The molecule has 3 aromatic carbocycles. The zero-order valence-corrected chi connectivity index (χ0v) is 33.2. The van der Waals surface area contributed by atoms with Crippen LogP contribution < -0.4 is 16.2 Å². The predicted molar refractivity (Wildman–Crippen MR) is 225 cm³/mol. The quantitative estimate of drug-likeness (QED) is 0.0532. The number of unbranched alkanes of at least 4 members (excludes halogenated alkanes) is 2. The first-order chi connectivity index (χ1) is 27.7. The molecule has 7 rings (SSSR count). The van der Waals surface area contributed by atoms with Gasteiger partial charge in [-0.2, -0.15) is 0 Å². The van der Waals surface area contributed by atoms with Gasteiger partial charge in [0.2, 0.25) is 0 Å². The minimum absolute atomic E-state index is 0.0360. The average molecular weight is 772 g/mol. The lowest BCUT2D eigenvalue weighted by atomic mass is 9.53. The largest absolute Gasteiger partial charge is 0.508 e. The number of carboxylic acid groups (broad SMARTS) is 1. The van der Waals surface area contributed by atoms with Gasteiger partial charge >= 0.3 is 5.97 Å². The smallest absolute Gasteiger partial charge is 0.308 e. The molecule has 2 bridgehead atoms. The van der Waals surface area contributed by atoms with Crippen LogP contribution in [0.1, 0.15) is 99.7 Å². The Hall–Kier alpha value is -4.30. The van der Waals surface area contributed by atoms with Crippen LogP contribution in [0.4, 0.5) is 0 Å². The Labute approximate surface area is 337 Å². The van der Waals surface area contributed by atoms with E-state index >= 15 is 0 Å². The molecule has 7 nitrogen and oxygen atoms in total. The van der Waals surface area contributed by atoms with Crippen molar-refractivity contribution >= 4 is 24.4 Å². The Morgan fingerprint density at radius 2 is 1.68 bits per heavy atom. The van der Waals surface area contributed by atoms with Crippen LogP contribution in [0.2, 0.25) is 0 Å². The number of hydrogen-bond acceptors (Lipinski definition) is 6. The summed E-state index contributed by atoms with van der Waals surface area (Å²) in [5.41, 5.74) is 9.56. The lowest BCUT2D eigenvalue weighted by Crippen LogP contribution is -2.51. The van der Waals surface area contributed by atoms with Crippen LogP contribution in [0.5, 0.6) is 5.75 Å². The van der Waals surface area contributed by atoms with Gasteiger partial charge in [0, 0.05) is 17.3 Å². The summed E-state index contributed by atoms with van der Waals surface area (Å²) in [4.78, 5) is 25.8. The van der Waals surface area contributed by atoms with Crippen LogP contribution in [-0.4, -0.2) is 45.5 Å². The number of aliphatic hydroxyl groups excluding tert-OH is 1. The zero-order valence-electron chi connectivity index (χ0n) is 33.2. The maximum absolute atomic E-state index is 13.6. The van der Waals surface area contributed by atoms with Crippen LogP contribution in [0.25, 0.3) is 12.2 Å². The highest BCUT2D eigenvalue weighted by molar-refractivity contribution is 5.74. The Bertz CT molecular complexity index is 2040. The average Bonchev–Trinajstić information content (AvgIpc) is 3.67. The maximum Gasteiger partial charge on any atom is 0.308 e. The second-order valence-electron chi connectivity index (χ2n) is 17.5. The van der Waals surface area contributed by atoms with Crippen LogP contribution in [-0.2, 0) is 21.4 Å². The van der Waals surface area contributed by atoms with Crippen molar-refractivity contribution < 1.29 is 30.0 Å². The first kappa shape index (κ1) is 40.9. The monoisotopic (exact) mass is 771 g/mol. The molecule has 1 fully saturated rings. The first-order valence-electron chi connectivity index (χ1n) is 21.5. The molecule has 7 heteroatoms. The SMILES string of the molecule is NCCC1=C[C@@H]([C@@H](C=O)CCCCC[C@@H]2C/C=C/[C@H](C(O)O)[C@H](C(=O)O)[C@@]3(CC[C@@H]4C=c5ccccc5=C[C@@H]4C3)c3cccc(c3)C[C@@H]2c2ccc(O)cc2)CC1. The molecule has 1 saturated carbocycles. The molecule has 4 aliphatic rings. The van der Waals surface area contributed by atoms with Crippen LogP contribution >= 0.6 is 0 Å². The molecule has 0 heterocycles. The predicted octanol–water partition coefficient (Wildman–Crippen LogP) is 7.30. The van der Waals surface area contributed by atoms with Gasteiger partial charge in [0.1, 0.15) is 12.0 Å². The number of aldehydes is 1. The van der Waals surface area contributed by atoms with Crippen molar-refractivity contribution in [3.8, 4) is 5.75 Å². The molecule has 4 aliphatic carbocycles. The number of carbonyl (C=O) groups is 2. The van der Waals surface area contributed by atoms with Gasteiger partial charge in [0.15, 0.2) is 6.29 Å². The van der Waals surface area contributed by atoms with Crippen LogP contribution in [0.15, 0.2) is 96.6 Å². The number of rotatable bonds is 13. The highest BCUT2D eigenvalue weighted by atomic mass is 16.5. The summed E-state index contributed by atoms with van der Waals surface area (Å²) in [6.45, 7) is 0.647.